The van der Waals surface area contributed by atoms with Gasteiger partial charge in [-0.15, -0.1) is 0 Å². The van der Waals surface area contributed by atoms with Crippen molar-refractivity contribution in [3.8, 4) is 0 Å². The number of carbonyl (C=O) groups excluding carboxylic acids is 1. The molecule has 6 heteroatoms. The second-order valence-electron chi connectivity index (χ2n) is 8.44. The van der Waals surface area contributed by atoms with Crippen LogP contribution in [0.1, 0.15) is 52.4 Å². The molecule has 2 aromatic rings. The molecule has 0 aliphatic heterocycles. The molecule has 27 heavy (non-hydrogen) atoms. The largest absolute Gasteiger partial charge is 0.328 e. The first-order chi connectivity index (χ1) is 12.7. The smallest absolute Gasteiger partial charge is 0.267 e. The molecule has 0 saturated heterocycles. The highest BCUT2D eigenvalue weighted by atomic mass is 16.5. The van der Waals surface area contributed by atoms with E-state index in [4.69, 9.17) is 10.2 Å². The van der Waals surface area contributed by atoms with Crippen LogP contribution in [-0.2, 0) is 17.8 Å². The average Bonchev–Trinajstić information content (AvgIpc) is 2.90. The van der Waals surface area contributed by atoms with Gasteiger partial charge in [0.25, 0.3) is 5.91 Å². The number of hydroxylamine groups is 1. The van der Waals surface area contributed by atoms with Gasteiger partial charge in [-0.2, -0.15) is 0 Å². The molecule has 1 aromatic heterocycles. The summed E-state index contributed by atoms with van der Waals surface area (Å²) in [6.45, 7) is 12.9. The van der Waals surface area contributed by atoms with Crippen LogP contribution in [0.5, 0.6) is 0 Å². The summed E-state index contributed by atoms with van der Waals surface area (Å²) in [6, 6.07) is 6.49. The van der Waals surface area contributed by atoms with E-state index in [1.807, 2.05) is 12.1 Å². The summed E-state index contributed by atoms with van der Waals surface area (Å²) >= 11 is 0. The van der Waals surface area contributed by atoms with Gasteiger partial charge in [0.05, 0.1) is 11.0 Å². The van der Waals surface area contributed by atoms with Crippen LogP contribution in [0.15, 0.2) is 24.3 Å². The van der Waals surface area contributed by atoms with Crippen LogP contribution in [-0.4, -0.2) is 33.3 Å². The predicted octanol–water partition coefficient (Wildman–Crippen LogP) is 3.53. The van der Waals surface area contributed by atoms with Crippen LogP contribution < -0.4 is 10.8 Å². The molecule has 6 nitrogen and oxygen atoms in total. The van der Waals surface area contributed by atoms with Gasteiger partial charge in [0.1, 0.15) is 5.82 Å². The van der Waals surface area contributed by atoms with E-state index in [0.717, 1.165) is 48.4 Å². The average molecular weight is 373 g/mol. The van der Waals surface area contributed by atoms with Gasteiger partial charge < -0.3 is 9.88 Å². The van der Waals surface area contributed by atoms with E-state index >= 15 is 0 Å². The number of nitrogens with zero attached hydrogens (tertiary/aromatic N) is 2. The van der Waals surface area contributed by atoms with Gasteiger partial charge >= 0.3 is 0 Å². The van der Waals surface area contributed by atoms with Crippen LogP contribution >= 0.6 is 0 Å². The summed E-state index contributed by atoms with van der Waals surface area (Å²) in [5.41, 5.74) is 4.66. The van der Waals surface area contributed by atoms with Crippen LogP contribution in [0.4, 0.5) is 0 Å². The highest BCUT2D eigenvalue weighted by molar-refractivity contribution is 5.91. The maximum Gasteiger partial charge on any atom is 0.267 e. The lowest BCUT2D eigenvalue weighted by molar-refractivity contribution is -0.124. The molecule has 0 fully saturated rings. The topological polar surface area (TPSA) is 79.2 Å². The van der Waals surface area contributed by atoms with E-state index < -0.39 is 5.91 Å². The Morgan fingerprint density at radius 3 is 2.70 bits per heavy atom. The molecule has 0 spiro atoms. The second-order valence-corrected chi connectivity index (χ2v) is 8.44. The van der Waals surface area contributed by atoms with Crippen LogP contribution in [0.3, 0.4) is 0 Å². The van der Waals surface area contributed by atoms with Crippen molar-refractivity contribution in [2.75, 3.05) is 6.54 Å². The Kier molecular flexibility index (Phi) is 7.16. The Hall–Kier alpha value is -2.18. The van der Waals surface area contributed by atoms with E-state index in [0.29, 0.717) is 6.04 Å². The number of imidazole rings is 1. The summed E-state index contributed by atoms with van der Waals surface area (Å²) < 4.78 is 2.32. The molecule has 0 aliphatic carbocycles. The molecule has 0 bridgehead atoms. The first kappa shape index (κ1) is 21.1. The van der Waals surface area contributed by atoms with Crippen molar-refractivity contribution < 1.29 is 10.0 Å². The number of aromatic nitrogens is 2. The fourth-order valence-corrected chi connectivity index (χ4v) is 3.00. The maximum atomic E-state index is 11.2. The fraction of sp³-hybridized carbons (Fsp3) is 0.524. The Bertz CT molecular complexity index is 800. The minimum atomic E-state index is -0.549. The van der Waals surface area contributed by atoms with Crippen molar-refractivity contribution in [3.05, 3.63) is 35.7 Å². The normalized spacial score (nSPS) is 12.4. The first-order valence-corrected chi connectivity index (χ1v) is 9.54. The maximum absolute atomic E-state index is 11.2. The van der Waals surface area contributed by atoms with E-state index in [-0.39, 0.29) is 5.41 Å². The number of rotatable bonds is 8. The second kappa shape index (κ2) is 9.15. The molecule has 1 amide bonds. The molecule has 3 N–H and O–H groups in total. The third kappa shape index (κ3) is 6.48. The van der Waals surface area contributed by atoms with E-state index in [1.165, 1.54) is 6.08 Å². The predicted molar refractivity (Wildman–Crippen MR) is 110 cm³/mol. The SMILES string of the molecule is CC(C)NCCCn1c(CC(C)(C)C)nc2cc(C=CC(=O)NO)ccc21. The summed E-state index contributed by atoms with van der Waals surface area (Å²) in [5, 5.41) is 12.1. The third-order valence-electron chi connectivity index (χ3n) is 4.19. The standard InChI is InChI=1S/C21H32N4O2/c1-15(2)22-11-6-12-25-18-9-7-16(8-10-20(26)24-27)13-17(18)23-19(25)14-21(3,4)5/h7-10,13,15,22,27H,6,11-12,14H2,1-5H3,(H,24,26). The number of benzene rings is 1. The Morgan fingerprint density at radius 1 is 1.33 bits per heavy atom. The van der Waals surface area contributed by atoms with Crippen LogP contribution in [0, 0.1) is 5.41 Å². The Morgan fingerprint density at radius 2 is 2.07 bits per heavy atom. The number of hydrogen-bond acceptors (Lipinski definition) is 4. The minimum absolute atomic E-state index is 0.150. The highest BCUT2D eigenvalue weighted by Gasteiger charge is 2.18. The van der Waals surface area contributed by atoms with Gasteiger partial charge in [0.2, 0.25) is 0 Å². The van der Waals surface area contributed by atoms with Gasteiger partial charge in [-0.1, -0.05) is 40.7 Å². The first-order valence-electron chi connectivity index (χ1n) is 9.54. The lowest BCUT2D eigenvalue weighted by Crippen LogP contribution is -2.25. The van der Waals surface area contributed by atoms with Crippen molar-refractivity contribution in [2.45, 2.75) is 60.0 Å². The van der Waals surface area contributed by atoms with E-state index in [9.17, 15) is 4.79 Å². The lowest BCUT2D eigenvalue weighted by Gasteiger charge is -2.19. The molecule has 0 unspecified atom stereocenters. The number of aryl methyl sites for hydroxylation is 1. The van der Waals surface area contributed by atoms with E-state index in [2.05, 4.69) is 50.6 Å². The van der Waals surface area contributed by atoms with Crippen molar-refractivity contribution >= 4 is 23.0 Å². The summed E-state index contributed by atoms with van der Waals surface area (Å²) in [6.07, 6.45) is 4.91. The third-order valence-corrected chi connectivity index (χ3v) is 4.19. The zero-order chi connectivity index (χ0) is 20.0. The minimum Gasteiger partial charge on any atom is -0.328 e. The summed E-state index contributed by atoms with van der Waals surface area (Å²) in [7, 11) is 0. The fourth-order valence-electron chi connectivity index (χ4n) is 3.00. The van der Waals surface area contributed by atoms with Gasteiger partial charge in [0, 0.05) is 25.1 Å². The number of amides is 1. The van der Waals surface area contributed by atoms with Crippen molar-refractivity contribution in [2.24, 2.45) is 5.41 Å². The molecular weight excluding hydrogens is 340 g/mol. The molecule has 1 aromatic carbocycles. The van der Waals surface area contributed by atoms with Crippen LogP contribution in [0.25, 0.3) is 17.1 Å². The molecule has 1 heterocycles. The Balaban J connectivity index is 2.30. The number of fused-ring (bicyclic) bond motifs is 1. The number of nitrogens with one attached hydrogen (secondary N) is 2. The number of carbonyl (C=O) groups is 1. The zero-order valence-corrected chi connectivity index (χ0v) is 17.0. The molecule has 0 atom stereocenters. The molecule has 2 rings (SSSR count). The molecular formula is C21H32N4O2. The zero-order valence-electron chi connectivity index (χ0n) is 17.0. The molecule has 148 valence electrons. The molecule has 0 saturated carbocycles. The number of hydrogen-bond donors (Lipinski definition) is 3. The van der Waals surface area contributed by atoms with Gasteiger partial charge in [-0.3, -0.25) is 10.0 Å². The quantitative estimate of drug-likeness (QED) is 0.287. The van der Waals surface area contributed by atoms with E-state index in [1.54, 1.807) is 11.6 Å². The van der Waals surface area contributed by atoms with Crippen molar-refractivity contribution in [1.29, 1.82) is 0 Å². The van der Waals surface area contributed by atoms with Gasteiger partial charge in [0.15, 0.2) is 0 Å². The lowest BCUT2D eigenvalue weighted by atomic mass is 9.92. The highest BCUT2D eigenvalue weighted by Crippen LogP contribution is 2.25. The van der Waals surface area contributed by atoms with Crippen molar-refractivity contribution in [1.82, 2.24) is 20.3 Å². The van der Waals surface area contributed by atoms with Crippen LogP contribution in [0.2, 0.25) is 0 Å². The Labute approximate surface area is 161 Å². The molecule has 0 radical (unpaired) electrons. The summed E-state index contributed by atoms with van der Waals surface area (Å²) in [5.74, 6) is 0.544. The van der Waals surface area contributed by atoms with Gasteiger partial charge in [-0.25, -0.2) is 10.5 Å². The van der Waals surface area contributed by atoms with Crippen molar-refractivity contribution in [3.63, 3.8) is 0 Å². The monoisotopic (exact) mass is 372 g/mol. The molecule has 0 aliphatic rings. The summed E-state index contributed by atoms with van der Waals surface area (Å²) in [4.78, 5) is 16.1. The van der Waals surface area contributed by atoms with Gasteiger partial charge in [-0.05, 0) is 42.2 Å².